The molecule has 13 nitrogen and oxygen atoms in total. The molecule has 4 saturated heterocycles. The topological polar surface area (TPSA) is 144 Å². The summed E-state index contributed by atoms with van der Waals surface area (Å²) in [6.45, 7) is 46.5. The van der Waals surface area contributed by atoms with Crippen molar-refractivity contribution in [2.45, 2.75) is 299 Å². The number of esters is 1. The van der Waals surface area contributed by atoms with Gasteiger partial charge in [0.15, 0.2) is 33.3 Å². The van der Waals surface area contributed by atoms with E-state index in [4.69, 9.17) is 41.4 Å². The summed E-state index contributed by atoms with van der Waals surface area (Å²) in [6.07, 6.45) is 4.40. The smallest absolute Gasteiger partial charge is 0.455 e. The number of ether oxygens (including phenoxy) is 5. The zero-order valence-electron chi connectivity index (χ0n) is 53.8. The first-order valence-electron chi connectivity index (χ1n) is 30.6. The standard InChI is InChI=1S/C61H106F3IO13SSi4/c1-21-83(22-2,23-3)69-38-37-46-31-34-49-52(71-46)54(77-81(17,18)58(9,10)11)55(78-82(19,20)59(12,13)14)53(73-49)50(76-80(15,16)57(6,7)8)35-32-45(72-56(66)44-27-25-24-26-28-44)29-30-48-40-60(41-65)51(70-48)36-33-47(74-60)39-42(4)43(5)75-79(67,68)61(62,63)64/h24-28,32,35,42,45-55H,5,21-23,29-31,33-34,36-41H2,1-4,6-20H3/t42-,45?,46-,47-,48+,49+,50+,51+,52+,53+,54+,55-,60-/m1/s1. The largest absolute Gasteiger partial charge is 0.534 e. The third-order valence-electron chi connectivity index (χ3n) is 19.7. The molecule has 1 unspecified atom stereocenters. The van der Waals surface area contributed by atoms with Gasteiger partial charge in [0.1, 0.15) is 41.9 Å². The quantitative estimate of drug-likeness (QED) is 0.0121. The predicted octanol–water partition coefficient (Wildman–Crippen LogP) is 16.4. The highest BCUT2D eigenvalue weighted by molar-refractivity contribution is 14.1. The maximum absolute atomic E-state index is 14.2. The van der Waals surface area contributed by atoms with Gasteiger partial charge in [-0.15, -0.1) is 0 Å². The molecule has 0 radical (unpaired) electrons. The fraction of sp³-hybridized carbons (Fsp3) is 0.820. The van der Waals surface area contributed by atoms with Crippen molar-refractivity contribution in [3.63, 3.8) is 0 Å². The summed E-state index contributed by atoms with van der Waals surface area (Å²) in [6, 6.07) is 12.2. The summed E-state index contributed by atoms with van der Waals surface area (Å²) in [5.41, 5.74) is -5.85. The summed E-state index contributed by atoms with van der Waals surface area (Å²) in [5.74, 6) is -1.70. The van der Waals surface area contributed by atoms with Gasteiger partial charge in [0.25, 0.3) is 0 Å². The van der Waals surface area contributed by atoms with Gasteiger partial charge in [-0.05, 0) is 142 Å². The molecule has 0 N–H and O–H groups in total. The molecule has 83 heavy (non-hydrogen) atoms. The van der Waals surface area contributed by atoms with Crippen LogP contribution in [0.2, 0.25) is 72.5 Å². The Kier molecular flexibility index (Phi) is 24.9. The summed E-state index contributed by atoms with van der Waals surface area (Å²) >= 11 is 2.30. The highest BCUT2D eigenvalue weighted by Crippen LogP contribution is 2.49. The van der Waals surface area contributed by atoms with Gasteiger partial charge in [0, 0.05) is 23.4 Å². The van der Waals surface area contributed by atoms with Crippen LogP contribution < -0.4 is 0 Å². The minimum atomic E-state index is -5.85. The van der Waals surface area contributed by atoms with Crippen molar-refractivity contribution in [2.75, 3.05) is 11.0 Å². The van der Waals surface area contributed by atoms with E-state index < -0.39 is 115 Å². The number of fused-ring (bicyclic) bond motifs is 2. The number of carbonyl (C=O) groups excluding carboxylic acids is 1. The van der Waals surface area contributed by atoms with E-state index in [0.29, 0.717) is 48.7 Å². The van der Waals surface area contributed by atoms with E-state index in [0.717, 1.165) is 37.4 Å². The third-order valence-corrected chi connectivity index (χ3v) is 40.1. The Morgan fingerprint density at radius 3 is 1.88 bits per heavy atom. The first-order valence-corrected chi connectivity index (χ1v) is 44.8. The Morgan fingerprint density at radius 1 is 0.771 bits per heavy atom. The lowest BCUT2D eigenvalue weighted by Gasteiger charge is -2.56. The van der Waals surface area contributed by atoms with Crippen LogP contribution >= 0.6 is 22.6 Å². The Balaban J connectivity index is 1.53. The van der Waals surface area contributed by atoms with E-state index in [1.54, 1.807) is 19.1 Å². The molecule has 5 rings (SSSR count). The molecular formula is C61H106F3IO13SSi4. The van der Waals surface area contributed by atoms with Crippen molar-refractivity contribution in [2.24, 2.45) is 5.92 Å². The van der Waals surface area contributed by atoms with Crippen LogP contribution in [0.25, 0.3) is 0 Å². The second-order valence-electron chi connectivity index (χ2n) is 28.7. The van der Waals surface area contributed by atoms with E-state index in [2.05, 4.69) is 162 Å². The average Bonchev–Trinajstić information content (AvgIpc) is 3.77. The van der Waals surface area contributed by atoms with Crippen molar-refractivity contribution in [3.8, 4) is 0 Å². The maximum atomic E-state index is 14.2. The molecule has 4 aliphatic rings. The predicted molar refractivity (Wildman–Crippen MR) is 343 cm³/mol. The zero-order chi connectivity index (χ0) is 62.6. The summed E-state index contributed by atoms with van der Waals surface area (Å²) < 4.78 is 133. The van der Waals surface area contributed by atoms with Gasteiger partial charge in [-0.2, -0.15) is 21.6 Å². The molecule has 0 amide bonds. The lowest BCUT2D eigenvalue weighted by molar-refractivity contribution is -0.267. The minimum absolute atomic E-state index is 0.0357. The number of hydrogen-bond acceptors (Lipinski definition) is 13. The van der Waals surface area contributed by atoms with Crippen LogP contribution in [-0.2, 0) is 55.7 Å². The highest BCUT2D eigenvalue weighted by Gasteiger charge is 2.59. The molecule has 0 bridgehead atoms. The lowest BCUT2D eigenvalue weighted by atomic mass is 9.85. The Bertz CT molecular complexity index is 2400. The second-order valence-corrected chi connectivity index (χ2v) is 50.0. The van der Waals surface area contributed by atoms with E-state index in [9.17, 15) is 26.4 Å². The molecule has 4 heterocycles. The van der Waals surface area contributed by atoms with Crippen molar-refractivity contribution >= 4 is 71.9 Å². The maximum Gasteiger partial charge on any atom is 0.534 e. The fourth-order valence-electron chi connectivity index (χ4n) is 10.9. The van der Waals surface area contributed by atoms with Crippen LogP contribution in [0.1, 0.15) is 158 Å². The minimum Gasteiger partial charge on any atom is -0.455 e. The van der Waals surface area contributed by atoms with Gasteiger partial charge in [-0.3, -0.25) is 0 Å². The molecule has 0 saturated carbocycles. The summed E-state index contributed by atoms with van der Waals surface area (Å²) in [4.78, 5) is 14.2. The number of carbonyl (C=O) groups is 1. The van der Waals surface area contributed by atoms with Crippen LogP contribution in [-0.4, -0.2) is 137 Å². The van der Waals surface area contributed by atoms with Gasteiger partial charge >= 0.3 is 21.6 Å². The molecule has 0 aromatic heterocycles. The van der Waals surface area contributed by atoms with E-state index in [1.807, 2.05) is 24.3 Å². The highest BCUT2D eigenvalue weighted by atomic mass is 127. The number of hydrogen-bond donors (Lipinski definition) is 0. The van der Waals surface area contributed by atoms with Gasteiger partial charge in [-0.25, -0.2) is 4.79 Å². The third kappa shape index (κ3) is 18.3. The van der Waals surface area contributed by atoms with Gasteiger partial charge < -0.3 is 45.6 Å². The van der Waals surface area contributed by atoms with E-state index in [1.165, 1.54) is 0 Å². The number of allylic oxidation sites excluding steroid dienone is 1. The van der Waals surface area contributed by atoms with Crippen LogP contribution in [0, 0.1) is 5.92 Å². The van der Waals surface area contributed by atoms with Crippen molar-refractivity contribution in [1.29, 1.82) is 0 Å². The van der Waals surface area contributed by atoms with Gasteiger partial charge in [0.05, 0.1) is 42.2 Å². The molecule has 4 aliphatic heterocycles. The molecule has 13 atom stereocenters. The SMILES string of the molecule is C=C(OS(=O)(=O)C(F)(F)F)[C@H](C)C[C@H]1CC[C@@H]2O[C@@H](CCC(C=C[C@H](O[Si](C)(C)C(C)(C)C)[C@@H]3O[C@H]4CC[C@H](CCO[Si](CC)(CC)CC)O[C@@H]4[C@H](O[Si](C)(C)C(C)(C)C)[C@@H]3O[Si](C)(C)C(C)(C)C)OC(=O)c3ccccc3)C[C@]2(CI)O1. The lowest BCUT2D eigenvalue weighted by Crippen LogP contribution is -2.69. The van der Waals surface area contributed by atoms with Crippen LogP contribution in [0.3, 0.4) is 0 Å². The first kappa shape index (κ1) is 72.7. The zero-order valence-corrected chi connectivity index (χ0v) is 60.8. The number of alkyl halides is 4. The molecule has 1 aromatic rings. The fourth-order valence-corrected chi connectivity index (χ4v) is 19.0. The normalized spacial score (nSPS) is 28.3. The Labute approximate surface area is 516 Å². The monoisotopic (exact) mass is 1370 g/mol. The number of halogens is 4. The molecule has 1 aromatic carbocycles. The van der Waals surface area contributed by atoms with Crippen LogP contribution in [0.5, 0.6) is 0 Å². The summed E-state index contributed by atoms with van der Waals surface area (Å²) in [7, 11) is -15.4. The van der Waals surface area contributed by atoms with Gasteiger partial charge in [0.2, 0.25) is 0 Å². The molecule has 4 fully saturated rings. The Hall–Kier alpha value is -1.01. The van der Waals surface area contributed by atoms with Crippen molar-refractivity contribution < 1.29 is 72.0 Å². The van der Waals surface area contributed by atoms with Crippen molar-refractivity contribution in [3.05, 3.63) is 60.4 Å². The van der Waals surface area contributed by atoms with Crippen molar-refractivity contribution in [1.82, 2.24) is 0 Å². The Morgan fingerprint density at radius 2 is 1.34 bits per heavy atom. The molecule has 0 aliphatic carbocycles. The summed E-state index contributed by atoms with van der Waals surface area (Å²) in [5, 5.41) is -0.501. The van der Waals surface area contributed by atoms with E-state index in [-0.39, 0.29) is 46.0 Å². The van der Waals surface area contributed by atoms with Crippen LogP contribution in [0.15, 0.2) is 54.8 Å². The van der Waals surface area contributed by atoms with Gasteiger partial charge in [-0.1, -0.05) is 143 Å². The first-order chi connectivity index (χ1) is 38.1. The number of benzene rings is 1. The second kappa shape index (κ2) is 28.4. The average molecular weight is 1380 g/mol. The molecular weight excluding hydrogens is 1270 g/mol. The molecule has 478 valence electrons. The number of rotatable bonds is 27. The van der Waals surface area contributed by atoms with E-state index >= 15 is 0 Å². The van der Waals surface area contributed by atoms with Crippen LogP contribution in [0.4, 0.5) is 13.2 Å². The molecule has 22 heteroatoms. The molecule has 0 spiro atoms.